The Bertz CT molecular complexity index is 445. The number of hydrogen-bond acceptors (Lipinski definition) is 3. The van der Waals surface area contributed by atoms with E-state index in [9.17, 15) is 14.0 Å². The second kappa shape index (κ2) is 8.30. The highest BCUT2D eigenvalue weighted by molar-refractivity contribution is 5.77. The van der Waals surface area contributed by atoms with Gasteiger partial charge in [-0.3, -0.25) is 9.59 Å². The molecule has 0 fully saturated rings. The fourth-order valence-electron chi connectivity index (χ4n) is 1.80. The van der Waals surface area contributed by atoms with Crippen molar-refractivity contribution < 1.29 is 18.7 Å². The van der Waals surface area contributed by atoms with Gasteiger partial charge in [0, 0.05) is 13.0 Å². The van der Waals surface area contributed by atoms with Crippen molar-refractivity contribution in [2.24, 2.45) is 0 Å². The number of esters is 1. The van der Waals surface area contributed by atoms with Crippen LogP contribution in [0.2, 0.25) is 0 Å². The lowest BCUT2D eigenvalue weighted by Gasteiger charge is -2.12. The quantitative estimate of drug-likeness (QED) is 0.781. The molecule has 0 bridgehead atoms. The van der Waals surface area contributed by atoms with E-state index in [1.54, 1.807) is 19.1 Å². The van der Waals surface area contributed by atoms with Crippen LogP contribution >= 0.6 is 0 Å². The molecule has 0 heterocycles. The van der Waals surface area contributed by atoms with Crippen molar-refractivity contribution in [2.75, 3.05) is 13.2 Å². The van der Waals surface area contributed by atoms with Gasteiger partial charge in [-0.25, -0.2) is 4.39 Å². The monoisotopic (exact) mass is 281 g/mol. The highest BCUT2D eigenvalue weighted by atomic mass is 19.1. The van der Waals surface area contributed by atoms with Gasteiger partial charge in [0.15, 0.2) is 0 Å². The standard InChI is InChI=1S/C15H20FNO3/c1-3-20-15(19)8-9-17-14(18)10-11(2)12-4-6-13(16)7-5-12/h4-7,11H,3,8-10H2,1-2H3,(H,17,18)/t11-/m1/s1. The maximum atomic E-state index is 12.8. The fraction of sp³-hybridized carbons (Fsp3) is 0.467. The lowest BCUT2D eigenvalue weighted by Crippen LogP contribution is -2.27. The number of ether oxygens (including phenoxy) is 1. The Morgan fingerprint density at radius 1 is 1.30 bits per heavy atom. The maximum Gasteiger partial charge on any atom is 0.307 e. The van der Waals surface area contributed by atoms with Crippen molar-refractivity contribution in [3.63, 3.8) is 0 Å². The topological polar surface area (TPSA) is 55.4 Å². The van der Waals surface area contributed by atoms with Crippen molar-refractivity contribution in [1.29, 1.82) is 0 Å². The molecule has 0 aliphatic rings. The summed E-state index contributed by atoms with van der Waals surface area (Å²) in [6, 6.07) is 6.10. The fourth-order valence-corrected chi connectivity index (χ4v) is 1.80. The molecule has 110 valence electrons. The molecular weight excluding hydrogens is 261 g/mol. The Kier molecular flexibility index (Phi) is 6.70. The van der Waals surface area contributed by atoms with Crippen molar-refractivity contribution in [3.05, 3.63) is 35.6 Å². The zero-order chi connectivity index (χ0) is 15.0. The molecule has 1 amide bonds. The highest BCUT2D eigenvalue weighted by Gasteiger charge is 2.11. The lowest BCUT2D eigenvalue weighted by molar-refractivity contribution is -0.143. The minimum absolute atomic E-state index is 0.00167. The van der Waals surface area contributed by atoms with Crippen molar-refractivity contribution >= 4 is 11.9 Å². The van der Waals surface area contributed by atoms with Crippen LogP contribution in [-0.4, -0.2) is 25.0 Å². The van der Waals surface area contributed by atoms with Crippen LogP contribution < -0.4 is 5.32 Å². The molecule has 0 spiro atoms. The van der Waals surface area contributed by atoms with Gasteiger partial charge in [0.05, 0.1) is 13.0 Å². The molecular formula is C15H20FNO3. The first-order valence-electron chi connectivity index (χ1n) is 6.70. The smallest absolute Gasteiger partial charge is 0.307 e. The number of carbonyl (C=O) groups is 2. The van der Waals surface area contributed by atoms with E-state index < -0.39 is 0 Å². The molecule has 0 radical (unpaired) electrons. The molecule has 0 saturated carbocycles. The van der Waals surface area contributed by atoms with E-state index >= 15 is 0 Å². The van der Waals surface area contributed by atoms with Gasteiger partial charge in [0.25, 0.3) is 0 Å². The molecule has 1 atom stereocenters. The van der Waals surface area contributed by atoms with Crippen LogP contribution in [0.1, 0.15) is 38.2 Å². The Balaban J connectivity index is 2.31. The first-order chi connectivity index (χ1) is 9.52. The Hall–Kier alpha value is -1.91. The molecule has 0 aliphatic carbocycles. The van der Waals surface area contributed by atoms with E-state index in [1.165, 1.54) is 12.1 Å². The van der Waals surface area contributed by atoms with Gasteiger partial charge in [-0.1, -0.05) is 19.1 Å². The van der Waals surface area contributed by atoms with Crippen LogP contribution in [0.25, 0.3) is 0 Å². The molecule has 4 nitrogen and oxygen atoms in total. The second-order valence-electron chi connectivity index (χ2n) is 4.56. The van der Waals surface area contributed by atoms with Crippen LogP contribution in [-0.2, 0) is 14.3 Å². The third-order valence-electron chi connectivity index (χ3n) is 2.89. The number of hydrogen-bond donors (Lipinski definition) is 1. The molecule has 5 heteroatoms. The largest absolute Gasteiger partial charge is 0.466 e. The zero-order valence-electron chi connectivity index (χ0n) is 11.8. The van der Waals surface area contributed by atoms with E-state index in [2.05, 4.69) is 5.32 Å². The molecule has 1 rings (SSSR count). The minimum atomic E-state index is -0.320. The van der Waals surface area contributed by atoms with Gasteiger partial charge in [0.2, 0.25) is 5.91 Å². The molecule has 0 aromatic heterocycles. The number of benzene rings is 1. The van der Waals surface area contributed by atoms with Gasteiger partial charge >= 0.3 is 5.97 Å². The van der Waals surface area contributed by atoms with Crippen LogP contribution in [0.15, 0.2) is 24.3 Å². The zero-order valence-corrected chi connectivity index (χ0v) is 11.8. The van der Waals surface area contributed by atoms with Crippen molar-refractivity contribution in [1.82, 2.24) is 5.32 Å². The summed E-state index contributed by atoms with van der Waals surface area (Å²) in [6.45, 7) is 4.25. The second-order valence-corrected chi connectivity index (χ2v) is 4.56. The van der Waals surface area contributed by atoms with E-state index in [4.69, 9.17) is 4.74 Å². The SMILES string of the molecule is CCOC(=O)CCNC(=O)C[C@@H](C)c1ccc(F)cc1. The van der Waals surface area contributed by atoms with Crippen LogP contribution in [0.3, 0.4) is 0 Å². The highest BCUT2D eigenvalue weighted by Crippen LogP contribution is 2.18. The summed E-state index contributed by atoms with van der Waals surface area (Å²) >= 11 is 0. The molecule has 20 heavy (non-hydrogen) atoms. The molecule has 1 aromatic carbocycles. The Labute approximate surface area is 118 Å². The summed E-state index contributed by atoms with van der Waals surface area (Å²) in [5.74, 6) is -0.747. The average Bonchev–Trinajstić information content (AvgIpc) is 2.39. The Morgan fingerprint density at radius 3 is 2.55 bits per heavy atom. The van der Waals surface area contributed by atoms with Crippen LogP contribution in [0.4, 0.5) is 4.39 Å². The summed E-state index contributed by atoms with van der Waals surface area (Å²) in [5.41, 5.74) is 0.909. The van der Waals surface area contributed by atoms with Gasteiger partial charge in [-0.2, -0.15) is 0 Å². The molecule has 0 unspecified atom stereocenters. The van der Waals surface area contributed by atoms with Crippen molar-refractivity contribution in [2.45, 2.75) is 32.6 Å². The first-order valence-corrected chi connectivity index (χ1v) is 6.70. The van der Waals surface area contributed by atoms with Gasteiger partial charge in [0.1, 0.15) is 5.82 Å². The van der Waals surface area contributed by atoms with Crippen LogP contribution in [0, 0.1) is 5.82 Å². The summed E-state index contributed by atoms with van der Waals surface area (Å²) in [4.78, 5) is 22.8. The first kappa shape index (κ1) is 16.1. The average molecular weight is 281 g/mol. The van der Waals surface area contributed by atoms with E-state index in [0.29, 0.717) is 13.0 Å². The van der Waals surface area contributed by atoms with E-state index in [-0.39, 0.29) is 36.6 Å². The molecule has 0 saturated heterocycles. The predicted molar refractivity (Wildman–Crippen MR) is 73.7 cm³/mol. The van der Waals surface area contributed by atoms with E-state index in [0.717, 1.165) is 5.56 Å². The Morgan fingerprint density at radius 2 is 1.95 bits per heavy atom. The third kappa shape index (κ3) is 5.82. The van der Waals surface area contributed by atoms with E-state index in [1.807, 2.05) is 6.92 Å². The van der Waals surface area contributed by atoms with Gasteiger partial charge < -0.3 is 10.1 Å². The van der Waals surface area contributed by atoms with Gasteiger partial charge in [-0.05, 0) is 30.5 Å². The summed E-state index contributed by atoms with van der Waals surface area (Å²) in [7, 11) is 0. The van der Waals surface area contributed by atoms with Gasteiger partial charge in [-0.15, -0.1) is 0 Å². The molecule has 1 aromatic rings. The van der Waals surface area contributed by atoms with Crippen LogP contribution in [0.5, 0.6) is 0 Å². The third-order valence-corrected chi connectivity index (χ3v) is 2.89. The number of halogens is 1. The normalized spacial score (nSPS) is 11.8. The maximum absolute atomic E-state index is 12.8. The predicted octanol–water partition coefficient (Wildman–Crippen LogP) is 2.39. The number of amides is 1. The molecule has 1 N–H and O–H groups in total. The number of carbonyl (C=O) groups excluding carboxylic acids is 2. The summed E-state index contributed by atoms with van der Waals surface area (Å²) in [6.07, 6.45) is 0.471. The lowest BCUT2D eigenvalue weighted by atomic mass is 9.97. The number of rotatable bonds is 7. The number of nitrogens with one attached hydrogen (secondary N) is 1. The summed E-state index contributed by atoms with van der Waals surface area (Å²) in [5, 5.41) is 2.67. The summed E-state index contributed by atoms with van der Waals surface area (Å²) < 4.78 is 17.6. The van der Waals surface area contributed by atoms with Crippen molar-refractivity contribution in [3.8, 4) is 0 Å². The minimum Gasteiger partial charge on any atom is -0.466 e. The molecule has 0 aliphatic heterocycles.